The highest BCUT2D eigenvalue weighted by atomic mass is 16.6. The van der Waals surface area contributed by atoms with E-state index < -0.39 is 6.10 Å². The van der Waals surface area contributed by atoms with Gasteiger partial charge in [0.2, 0.25) is 0 Å². The second-order valence-electron chi connectivity index (χ2n) is 18.8. The van der Waals surface area contributed by atoms with Crippen LogP contribution in [0.15, 0.2) is 109 Å². The lowest BCUT2D eigenvalue weighted by molar-refractivity contribution is -0.167. The lowest BCUT2D eigenvalue weighted by atomic mass is 10.1. The average molecular weight is 972 g/mol. The number of rotatable bonds is 51. The predicted molar refractivity (Wildman–Crippen MR) is 302 cm³/mol. The molecule has 0 heterocycles. The highest BCUT2D eigenvalue weighted by molar-refractivity contribution is 5.71. The Hall–Kier alpha value is -3.93. The van der Waals surface area contributed by atoms with Crippen molar-refractivity contribution in [3.8, 4) is 0 Å². The zero-order valence-electron chi connectivity index (χ0n) is 45.5. The second-order valence-corrected chi connectivity index (χ2v) is 18.8. The molecule has 6 nitrogen and oxygen atoms in total. The third kappa shape index (κ3) is 55.0. The van der Waals surface area contributed by atoms with Crippen LogP contribution in [0.25, 0.3) is 0 Å². The van der Waals surface area contributed by atoms with E-state index in [9.17, 15) is 14.4 Å². The van der Waals surface area contributed by atoms with Gasteiger partial charge in [0.15, 0.2) is 6.10 Å². The maximum absolute atomic E-state index is 12.9. The summed E-state index contributed by atoms with van der Waals surface area (Å²) in [5, 5.41) is 0. The molecule has 0 aromatic carbocycles. The summed E-state index contributed by atoms with van der Waals surface area (Å²) in [6, 6.07) is 0. The van der Waals surface area contributed by atoms with Crippen LogP contribution in [0.4, 0.5) is 0 Å². The minimum atomic E-state index is -0.803. The lowest BCUT2D eigenvalue weighted by Crippen LogP contribution is -2.30. The molecule has 0 spiro atoms. The van der Waals surface area contributed by atoms with Crippen molar-refractivity contribution in [1.82, 2.24) is 0 Å². The minimum absolute atomic E-state index is 0.101. The van der Waals surface area contributed by atoms with Crippen LogP contribution >= 0.6 is 0 Å². The van der Waals surface area contributed by atoms with E-state index in [1.807, 2.05) is 0 Å². The topological polar surface area (TPSA) is 78.9 Å². The maximum Gasteiger partial charge on any atom is 0.306 e. The number of ether oxygens (including phenoxy) is 3. The molecule has 6 heteroatoms. The summed E-state index contributed by atoms with van der Waals surface area (Å²) in [5.74, 6) is -0.951. The molecule has 0 radical (unpaired) electrons. The summed E-state index contributed by atoms with van der Waals surface area (Å²) in [5.41, 5.74) is 0. The number of carbonyl (C=O) groups is 3. The van der Waals surface area contributed by atoms with Crippen LogP contribution in [0.1, 0.15) is 258 Å². The van der Waals surface area contributed by atoms with E-state index in [0.29, 0.717) is 19.3 Å². The first-order chi connectivity index (χ1) is 34.5. The second kappa shape index (κ2) is 57.6. The molecule has 0 saturated carbocycles. The SMILES string of the molecule is CC/C=C\C/C=C\C/C=C\C/C=C\C/C=C\CCCCCCCC(=O)OCC(COC(=O)CCCCC/C=C\C/C=C\C/C=C\CC)OC(=O)CCCCCCCCC/C=C\CCCCCCCCC. The van der Waals surface area contributed by atoms with Gasteiger partial charge in [-0.25, -0.2) is 0 Å². The number of allylic oxidation sites excluding steroid dienone is 18. The van der Waals surface area contributed by atoms with E-state index in [2.05, 4.69) is 130 Å². The number of hydrogen-bond donors (Lipinski definition) is 0. The van der Waals surface area contributed by atoms with Crippen LogP contribution in [0.3, 0.4) is 0 Å². The minimum Gasteiger partial charge on any atom is -0.462 e. The summed E-state index contributed by atoms with van der Waals surface area (Å²) in [4.78, 5) is 38.2. The first kappa shape index (κ1) is 66.1. The average Bonchev–Trinajstić information content (AvgIpc) is 3.36. The normalized spacial score (nSPS) is 12.9. The summed E-state index contributed by atoms with van der Waals surface area (Å²) in [6.07, 6.45) is 77.9. The Bertz CT molecular complexity index is 1440. The van der Waals surface area contributed by atoms with E-state index >= 15 is 0 Å². The Morgan fingerprint density at radius 3 is 0.900 bits per heavy atom. The Labute approximate surface area is 431 Å². The Kier molecular flexibility index (Phi) is 54.4. The van der Waals surface area contributed by atoms with Crippen molar-refractivity contribution in [1.29, 1.82) is 0 Å². The van der Waals surface area contributed by atoms with E-state index in [1.165, 1.54) is 83.5 Å². The fraction of sp³-hybridized carbons (Fsp3) is 0.672. The first-order valence-electron chi connectivity index (χ1n) is 28.9. The zero-order valence-corrected chi connectivity index (χ0v) is 45.5. The van der Waals surface area contributed by atoms with Gasteiger partial charge in [-0.2, -0.15) is 0 Å². The number of carbonyl (C=O) groups excluding carboxylic acids is 3. The van der Waals surface area contributed by atoms with Gasteiger partial charge in [0.25, 0.3) is 0 Å². The molecule has 0 fully saturated rings. The molecule has 1 unspecified atom stereocenters. The van der Waals surface area contributed by atoms with Gasteiger partial charge in [-0.3, -0.25) is 14.4 Å². The Morgan fingerprint density at radius 1 is 0.300 bits per heavy atom. The van der Waals surface area contributed by atoms with Crippen LogP contribution in [-0.2, 0) is 28.6 Å². The molecule has 0 aromatic heterocycles. The highest BCUT2D eigenvalue weighted by Crippen LogP contribution is 2.14. The van der Waals surface area contributed by atoms with E-state index in [1.54, 1.807) is 0 Å². The molecule has 0 aromatic rings. The van der Waals surface area contributed by atoms with Gasteiger partial charge in [-0.1, -0.05) is 226 Å². The summed E-state index contributed by atoms with van der Waals surface area (Å²) >= 11 is 0. The van der Waals surface area contributed by atoms with Crippen molar-refractivity contribution in [2.24, 2.45) is 0 Å². The van der Waals surface area contributed by atoms with Gasteiger partial charge in [0.05, 0.1) is 0 Å². The Morgan fingerprint density at radius 2 is 0.557 bits per heavy atom. The fourth-order valence-corrected chi connectivity index (χ4v) is 7.71. The molecular formula is C64H106O6. The summed E-state index contributed by atoms with van der Waals surface area (Å²) in [7, 11) is 0. The van der Waals surface area contributed by atoms with E-state index in [-0.39, 0.29) is 31.1 Å². The molecular weight excluding hydrogens is 865 g/mol. The first-order valence-corrected chi connectivity index (χ1v) is 28.9. The zero-order chi connectivity index (χ0) is 50.7. The molecule has 1 atom stereocenters. The smallest absolute Gasteiger partial charge is 0.306 e. The van der Waals surface area contributed by atoms with Crippen molar-refractivity contribution in [3.63, 3.8) is 0 Å². The number of unbranched alkanes of at least 4 members (excludes halogenated alkanes) is 22. The van der Waals surface area contributed by atoms with Crippen molar-refractivity contribution >= 4 is 17.9 Å². The molecule has 0 bridgehead atoms. The third-order valence-electron chi connectivity index (χ3n) is 12.0. The van der Waals surface area contributed by atoms with Crippen molar-refractivity contribution in [2.75, 3.05) is 13.2 Å². The van der Waals surface area contributed by atoms with E-state index in [4.69, 9.17) is 14.2 Å². The molecule has 0 aliphatic heterocycles. The molecule has 0 N–H and O–H groups in total. The van der Waals surface area contributed by atoms with Crippen LogP contribution < -0.4 is 0 Å². The molecule has 398 valence electrons. The maximum atomic E-state index is 12.9. The van der Waals surface area contributed by atoms with Crippen molar-refractivity contribution < 1.29 is 28.6 Å². The monoisotopic (exact) mass is 971 g/mol. The van der Waals surface area contributed by atoms with Gasteiger partial charge in [0.1, 0.15) is 13.2 Å². The largest absolute Gasteiger partial charge is 0.462 e. The van der Waals surface area contributed by atoms with Gasteiger partial charge >= 0.3 is 17.9 Å². The molecule has 0 aliphatic rings. The number of hydrogen-bond acceptors (Lipinski definition) is 6. The third-order valence-corrected chi connectivity index (χ3v) is 12.0. The number of esters is 3. The fourth-order valence-electron chi connectivity index (χ4n) is 7.71. The molecule has 0 rings (SSSR count). The molecule has 0 amide bonds. The summed E-state index contributed by atoms with van der Waals surface area (Å²) < 4.78 is 16.8. The van der Waals surface area contributed by atoms with Crippen LogP contribution in [0, 0.1) is 0 Å². The van der Waals surface area contributed by atoms with Crippen LogP contribution in [-0.4, -0.2) is 37.2 Å². The van der Waals surface area contributed by atoms with Crippen LogP contribution in [0.2, 0.25) is 0 Å². The van der Waals surface area contributed by atoms with Crippen molar-refractivity contribution in [2.45, 2.75) is 264 Å². The summed E-state index contributed by atoms with van der Waals surface area (Å²) in [6.45, 7) is 6.37. The van der Waals surface area contributed by atoms with Gasteiger partial charge in [0, 0.05) is 19.3 Å². The quantitative estimate of drug-likeness (QED) is 0.0262. The van der Waals surface area contributed by atoms with Crippen LogP contribution in [0.5, 0.6) is 0 Å². The molecule has 0 aliphatic carbocycles. The molecule has 0 saturated heterocycles. The predicted octanol–water partition coefficient (Wildman–Crippen LogP) is 19.5. The van der Waals surface area contributed by atoms with Gasteiger partial charge in [-0.15, -0.1) is 0 Å². The van der Waals surface area contributed by atoms with Gasteiger partial charge < -0.3 is 14.2 Å². The lowest BCUT2D eigenvalue weighted by Gasteiger charge is -2.18. The van der Waals surface area contributed by atoms with Crippen molar-refractivity contribution in [3.05, 3.63) is 109 Å². The van der Waals surface area contributed by atoms with Gasteiger partial charge in [-0.05, 0) is 122 Å². The Balaban J connectivity index is 4.44. The van der Waals surface area contributed by atoms with E-state index in [0.717, 1.165) is 135 Å². The highest BCUT2D eigenvalue weighted by Gasteiger charge is 2.19. The molecule has 70 heavy (non-hydrogen) atoms. The standard InChI is InChI=1S/C64H106O6/c1-4-7-10-13-16-19-22-25-27-29-31-32-33-35-36-39-42-45-48-51-54-57-63(66)69-60-61(59-68-62(65)56-53-50-47-44-41-38-24-21-18-15-12-9-6-3)70-64(67)58-55-52-49-46-43-40-37-34-30-28-26-23-20-17-14-11-8-5-2/h7,9-10,12,16,18-19,21,25,27-28,30-32,35-36,38,41,61H,4-6,8,11,13-15,17,20,22-24,26,29,33-34,37,39-40,42-60H2,1-3H3/b10-7-,12-9-,19-16-,21-18-,27-25-,30-28-,32-31-,36-35-,41-38-.